The SMILES string of the molecule is CC/C=C\C/C=C\C/C=C\C/C=C\C/C=C\CCCC(=O)OCC(COC1OC(C(=O)O)C(O)C(O)C1O)OC(=O)CCCCCCCCCCCCCCCCC. The first-order valence-electron chi connectivity index (χ1n) is 22.3. The molecule has 0 amide bonds. The highest BCUT2D eigenvalue weighted by Gasteiger charge is 2.47. The van der Waals surface area contributed by atoms with Crippen LogP contribution in [0.5, 0.6) is 0 Å². The van der Waals surface area contributed by atoms with Crippen LogP contribution < -0.4 is 0 Å². The molecule has 1 saturated heterocycles. The van der Waals surface area contributed by atoms with E-state index in [0.29, 0.717) is 19.3 Å². The average molecular weight is 819 g/mol. The smallest absolute Gasteiger partial charge is 0.335 e. The highest BCUT2D eigenvalue weighted by Crippen LogP contribution is 2.23. The number of aliphatic hydroxyl groups is 3. The molecule has 1 aliphatic heterocycles. The van der Waals surface area contributed by atoms with Gasteiger partial charge in [-0.15, -0.1) is 0 Å². The number of carbonyl (C=O) groups excluding carboxylic acids is 2. The summed E-state index contributed by atoms with van der Waals surface area (Å²) in [4.78, 5) is 36.8. The standard InChI is InChI=1S/C47H78O11/c1-3-5-7-9-11-13-15-17-19-20-22-23-25-27-29-31-33-35-40(48)55-37-39(38-56-47-44(52)42(50)43(51)45(58-47)46(53)54)57-41(49)36-34-32-30-28-26-24-21-18-16-14-12-10-8-6-4-2/h5,7,11,13,17,19,22-23,27,29,39,42-45,47,50-52H,3-4,6,8-10,12,14-16,18,20-21,24-26,28,30-38H2,1-2H3,(H,53,54)/b7-5-,13-11-,19-17-,23-22-,29-27-. The Morgan fingerprint density at radius 1 is 0.552 bits per heavy atom. The molecule has 0 spiro atoms. The van der Waals surface area contributed by atoms with Gasteiger partial charge in [0.2, 0.25) is 0 Å². The third-order valence-electron chi connectivity index (χ3n) is 9.88. The number of hydrogen-bond donors (Lipinski definition) is 4. The lowest BCUT2D eigenvalue weighted by molar-refractivity contribution is -0.298. The van der Waals surface area contributed by atoms with Gasteiger partial charge in [0, 0.05) is 12.8 Å². The molecule has 6 atom stereocenters. The van der Waals surface area contributed by atoms with Crippen LogP contribution in [0.2, 0.25) is 0 Å². The van der Waals surface area contributed by atoms with Gasteiger partial charge in [0.25, 0.3) is 0 Å². The van der Waals surface area contributed by atoms with Gasteiger partial charge < -0.3 is 39.4 Å². The van der Waals surface area contributed by atoms with Crippen LogP contribution in [-0.4, -0.2) is 88.4 Å². The van der Waals surface area contributed by atoms with Crippen molar-refractivity contribution in [3.05, 3.63) is 60.8 Å². The van der Waals surface area contributed by atoms with E-state index in [1.54, 1.807) is 0 Å². The molecule has 0 saturated carbocycles. The maximum Gasteiger partial charge on any atom is 0.335 e. The summed E-state index contributed by atoms with van der Waals surface area (Å²) in [5.74, 6) is -2.52. The Morgan fingerprint density at radius 2 is 1.02 bits per heavy atom. The van der Waals surface area contributed by atoms with Crippen molar-refractivity contribution in [3.63, 3.8) is 0 Å². The first kappa shape index (κ1) is 52.9. The predicted octanol–water partition coefficient (Wildman–Crippen LogP) is 9.53. The van der Waals surface area contributed by atoms with Crippen molar-refractivity contribution >= 4 is 17.9 Å². The highest BCUT2D eigenvalue weighted by atomic mass is 16.7. The number of carboxylic acids is 1. The van der Waals surface area contributed by atoms with Crippen molar-refractivity contribution in [2.75, 3.05) is 13.2 Å². The fourth-order valence-corrected chi connectivity index (χ4v) is 6.38. The molecule has 58 heavy (non-hydrogen) atoms. The molecule has 6 unspecified atom stereocenters. The molecule has 1 rings (SSSR count). The second-order valence-electron chi connectivity index (χ2n) is 15.2. The summed E-state index contributed by atoms with van der Waals surface area (Å²) in [7, 11) is 0. The maximum absolute atomic E-state index is 12.8. The molecule has 0 aromatic rings. The molecule has 1 fully saturated rings. The van der Waals surface area contributed by atoms with Gasteiger partial charge in [-0.05, 0) is 51.4 Å². The number of carbonyl (C=O) groups is 3. The largest absolute Gasteiger partial charge is 0.479 e. The van der Waals surface area contributed by atoms with Gasteiger partial charge in [0.15, 0.2) is 18.5 Å². The maximum atomic E-state index is 12.8. The number of hydrogen-bond acceptors (Lipinski definition) is 10. The van der Waals surface area contributed by atoms with E-state index >= 15 is 0 Å². The van der Waals surface area contributed by atoms with Crippen molar-refractivity contribution in [3.8, 4) is 0 Å². The first-order chi connectivity index (χ1) is 28.2. The van der Waals surface area contributed by atoms with E-state index in [9.17, 15) is 34.8 Å². The zero-order valence-electron chi connectivity index (χ0n) is 35.8. The molecular formula is C47H78O11. The van der Waals surface area contributed by atoms with Crippen LogP contribution in [0.4, 0.5) is 0 Å². The monoisotopic (exact) mass is 819 g/mol. The Morgan fingerprint density at radius 3 is 1.52 bits per heavy atom. The van der Waals surface area contributed by atoms with Gasteiger partial charge in [0.1, 0.15) is 24.9 Å². The molecule has 4 N–H and O–H groups in total. The third kappa shape index (κ3) is 28.4. The molecule has 1 aliphatic rings. The Balaban J connectivity index is 2.42. The molecule has 0 aromatic heterocycles. The fourth-order valence-electron chi connectivity index (χ4n) is 6.38. The number of esters is 2. The number of ether oxygens (including phenoxy) is 4. The third-order valence-corrected chi connectivity index (χ3v) is 9.88. The lowest BCUT2D eigenvalue weighted by Gasteiger charge is -2.38. The first-order valence-corrected chi connectivity index (χ1v) is 22.3. The quantitative estimate of drug-likeness (QED) is 0.0270. The Bertz CT molecular complexity index is 1190. The van der Waals surface area contributed by atoms with E-state index in [4.69, 9.17) is 18.9 Å². The predicted molar refractivity (Wildman–Crippen MR) is 229 cm³/mol. The van der Waals surface area contributed by atoms with Crippen LogP contribution in [0.1, 0.15) is 168 Å². The van der Waals surface area contributed by atoms with Crippen LogP contribution >= 0.6 is 0 Å². The normalized spacial score (nSPS) is 20.6. The van der Waals surface area contributed by atoms with Gasteiger partial charge in [0.05, 0.1) is 6.61 Å². The lowest BCUT2D eigenvalue weighted by Crippen LogP contribution is -2.60. The number of aliphatic hydroxyl groups excluding tert-OH is 3. The summed E-state index contributed by atoms with van der Waals surface area (Å²) in [6.45, 7) is 3.65. The van der Waals surface area contributed by atoms with Crippen molar-refractivity contribution in [1.29, 1.82) is 0 Å². The second kappa shape index (κ2) is 36.9. The molecule has 0 bridgehead atoms. The molecule has 332 valence electrons. The van der Waals surface area contributed by atoms with E-state index in [0.717, 1.165) is 51.4 Å². The Kier molecular flexibility index (Phi) is 33.7. The minimum atomic E-state index is -1.87. The molecule has 11 nitrogen and oxygen atoms in total. The molecule has 0 aliphatic carbocycles. The lowest BCUT2D eigenvalue weighted by atomic mass is 9.99. The summed E-state index contributed by atoms with van der Waals surface area (Å²) in [5.41, 5.74) is 0. The zero-order valence-corrected chi connectivity index (χ0v) is 35.8. The minimum Gasteiger partial charge on any atom is -0.479 e. The van der Waals surface area contributed by atoms with Gasteiger partial charge in [-0.25, -0.2) is 4.79 Å². The summed E-state index contributed by atoms with van der Waals surface area (Å²) in [6, 6.07) is 0. The van der Waals surface area contributed by atoms with Crippen molar-refractivity contribution in [2.24, 2.45) is 0 Å². The number of rotatable bonds is 36. The topological polar surface area (TPSA) is 169 Å². The number of aliphatic carboxylic acids is 1. The zero-order chi connectivity index (χ0) is 42.5. The van der Waals surface area contributed by atoms with Crippen LogP contribution in [-0.2, 0) is 33.3 Å². The molecule has 0 radical (unpaired) electrons. The Labute approximate surface area is 349 Å². The summed E-state index contributed by atoms with van der Waals surface area (Å²) >= 11 is 0. The molecule has 0 aromatic carbocycles. The minimum absolute atomic E-state index is 0.157. The van der Waals surface area contributed by atoms with Crippen LogP contribution in [0.15, 0.2) is 60.8 Å². The van der Waals surface area contributed by atoms with E-state index < -0.39 is 61.3 Å². The van der Waals surface area contributed by atoms with E-state index in [2.05, 4.69) is 68.5 Å². The van der Waals surface area contributed by atoms with E-state index in [-0.39, 0.29) is 19.4 Å². The van der Waals surface area contributed by atoms with Crippen molar-refractivity contribution < 1.29 is 53.8 Å². The van der Waals surface area contributed by atoms with E-state index in [1.807, 2.05) is 6.08 Å². The van der Waals surface area contributed by atoms with Gasteiger partial charge in [-0.2, -0.15) is 0 Å². The van der Waals surface area contributed by atoms with Gasteiger partial charge in [-0.3, -0.25) is 9.59 Å². The number of carboxylic acid groups (broad SMARTS) is 1. The molecule has 11 heteroatoms. The number of unbranched alkanes of at least 4 members (excludes halogenated alkanes) is 15. The van der Waals surface area contributed by atoms with E-state index in [1.165, 1.54) is 70.6 Å². The number of allylic oxidation sites excluding steroid dienone is 10. The average Bonchev–Trinajstić information content (AvgIpc) is 3.21. The Hall–Kier alpha value is -3.09. The van der Waals surface area contributed by atoms with Crippen LogP contribution in [0.25, 0.3) is 0 Å². The van der Waals surface area contributed by atoms with Gasteiger partial charge >= 0.3 is 17.9 Å². The van der Waals surface area contributed by atoms with Gasteiger partial charge in [-0.1, -0.05) is 164 Å². The second-order valence-corrected chi connectivity index (χ2v) is 15.2. The van der Waals surface area contributed by atoms with Crippen molar-refractivity contribution in [1.82, 2.24) is 0 Å². The summed E-state index contributed by atoms with van der Waals surface area (Å²) in [5, 5.41) is 39.8. The molecular weight excluding hydrogens is 741 g/mol. The summed E-state index contributed by atoms with van der Waals surface area (Å²) in [6.07, 6.45) is 35.6. The fraction of sp³-hybridized carbons (Fsp3) is 0.723. The van der Waals surface area contributed by atoms with Crippen LogP contribution in [0.3, 0.4) is 0 Å². The van der Waals surface area contributed by atoms with Crippen molar-refractivity contribution in [2.45, 2.75) is 205 Å². The highest BCUT2D eigenvalue weighted by molar-refractivity contribution is 5.73. The van der Waals surface area contributed by atoms with Crippen LogP contribution in [0, 0.1) is 0 Å². The summed E-state index contributed by atoms with van der Waals surface area (Å²) < 4.78 is 21.7. The molecule has 1 heterocycles.